The lowest BCUT2D eigenvalue weighted by Gasteiger charge is -2.33. The largest absolute Gasteiger partial charge is 0.369 e. The Morgan fingerprint density at radius 2 is 2.27 bits per heavy atom. The summed E-state index contributed by atoms with van der Waals surface area (Å²) in [6, 6.07) is 0. The molecule has 0 bridgehead atoms. The molecule has 62 valence electrons. The van der Waals surface area contributed by atoms with E-state index >= 15 is 0 Å². The molecule has 11 heavy (non-hydrogen) atoms. The maximum atomic E-state index is 10.9. The highest BCUT2D eigenvalue weighted by molar-refractivity contribution is 5.78. The van der Waals surface area contributed by atoms with Gasteiger partial charge in [0.25, 0.3) is 0 Å². The lowest BCUT2D eigenvalue weighted by Crippen LogP contribution is -2.50. The van der Waals surface area contributed by atoms with E-state index in [1.54, 1.807) is 0 Å². The maximum absolute atomic E-state index is 10.9. The van der Waals surface area contributed by atoms with Gasteiger partial charge in [-0.1, -0.05) is 12.2 Å². The van der Waals surface area contributed by atoms with E-state index in [9.17, 15) is 4.79 Å². The smallest absolute Gasteiger partial charge is 0.222 e. The Kier molecular flexibility index (Phi) is 2.00. The van der Waals surface area contributed by atoms with E-state index in [4.69, 9.17) is 11.5 Å². The van der Waals surface area contributed by atoms with Crippen molar-refractivity contribution in [3.8, 4) is 0 Å². The number of allylic oxidation sites excluding steroid dienone is 1. The van der Waals surface area contributed by atoms with Crippen LogP contribution in [0, 0.1) is 5.92 Å². The van der Waals surface area contributed by atoms with Crippen LogP contribution in [-0.2, 0) is 4.79 Å². The SMILES string of the molecule is CC1(N)CC=CCC1C(N)=O. The standard InChI is InChI=1S/C8H14N2O/c1-8(10)5-3-2-4-6(8)7(9)11/h2-3,6H,4-5,10H2,1H3,(H2,9,11). The predicted octanol–water partition coefficient (Wildman–Crippen LogP) is 0.155. The van der Waals surface area contributed by atoms with Crippen LogP contribution < -0.4 is 11.5 Å². The Hall–Kier alpha value is -0.830. The van der Waals surface area contributed by atoms with E-state index in [-0.39, 0.29) is 11.8 Å². The van der Waals surface area contributed by atoms with Gasteiger partial charge < -0.3 is 11.5 Å². The summed E-state index contributed by atoms with van der Waals surface area (Å²) < 4.78 is 0. The van der Waals surface area contributed by atoms with Gasteiger partial charge in [-0.05, 0) is 19.8 Å². The van der Waals surface area contributed by atoms with Crippen molar-refractivity contribution in [3.05, 3.63) is 12.2 Å². The Bertz CT molecular complexity index is 196. The van der Waals surface area contributed by atoms with Gasteiger partial charge >= 0.3 is 0 Å². The molecule has 0 fully saturated rings. The molecule has 3 heteroatoms. The van der Waals surface area contributed by atoms with Gasteiger partial charge in [-0.3, -0.25) is 4.79 Å². The van der Waals surface area contributed by atoms with E-state index in [1.165, 1.54) is 0 Å². The van der Waals surface area contributed by atoms with Gasteiger partial charge in [0, 0.05) is 5.54 Å². The molecule has 1 amide bonds. The molecule has 1 rings (SSSR count). The first-order chi connectivity index (χ1) is 5.04. The Morgan fingerprint density at radius 3 is 2.64 bits per heavy atom. The molecule has 0 heterocycles. The van der Waals surface area contributed by atoms with Crippen LogP contribution in [-0.4, -0.2) is 11.4 Å². The second-order valence-electron chi connectivity index (χ2n) is 3.37. The fourth-order valence-corrected chi connectivity index (χ4v) is 1.42. The molecule has 4 N–H and O–H groups in total. The topological polar surface area (TPSA) is 69.1 Å². The summed E-state index contributed by atoms with van der Waals surface area (Å²) in [5, 5.41) is 0. The molecule has 1 aliphatic carbocycles. The predicted molar refractivity (Wildman–Crippen MR) is 43.7 cm³/mol. The molecular weight excluding hydrogens is 140 g/mol. The highest BCUT2D eigenvalue weighted by Crippen LogP contribution is 2.26. The van der Waals surface area contributed by atoms with E-state index < -0.39 is 5.54 Å². The fraction of sp³-hybridized carbons (Fsp3) is 0.625. The lowest BCUT2D eigenvalue weighted by molar-refractivity contribution is -0.123. The number of amides is 1. The zero-order valence-corrected chi connectivity index (χ0v) is 6.71. The van der Waals surface area contributed by atoms with Crippen LogP contribution in [0.15, 0.2) is 12.2 Å². The van der Waals surface area contributed by atoms with Crippen molar-refractivity contribution in [3.63, 3.8) is 0 Å². The first-order valence-corrected chi connectivity index (χ1v) is 3.77. The third-order valence-electron chi connectivity index (χ3n) is 2.24. The molecule has 0 spiro atoms. The molecule has 2 atom stereocenters. The Balaban J connectivity index is 2.78. The molecule has 3 nitrogen and oxygen atoms in total. The van der Waals surface area contributed by atoms with Crippen molar-refractivity contribution >= 4 is 5.91 Å². The van der Waals surface area contributed by atoms with E-state index in [0.29, 0.717) is 6.42 Å². The molecule has 0 aromatic heterocycles. The van der Waals surface area contributed by atoms with Crippen molar-refractivity contribution in [1.82, 2.24) is 0 Å². The van der Waals surface area contributed by atoms with Gasteiger partial charge in [0.05, 0.1) is 5.92 Å². The molecule has 0 radical (unpaired) electrons. The number of primary amides is 1. The minimum atomic E-state index is -0.444. The Morgan fingerprint density at radius 1 is 1.64 bits per heavy atom. The highest BCUT2D eigenvalue weighted by atomic mass is 16.1. The Labute approximate surface area is 66.4 Å². The molecule has 0 aromatic rings. The summed E-state index contributed by atoms with van der Waals surface area (Å²) in [7, 11) is 0. The number of carbonyl (C=O) groups is 1. The molecule has 0 aromatic carbocycles. The molecule has 0 saturated carbocycles. The van der Waals surface area contributed by atoms with Crippen molar-refractivity contribution in [2.75, 3.05) is 0 Å². The van der Waals surface area contributed by atoms with Gasteiger partial charge in [0.1, 0.15) is 0 Å². The lowest BCUT2D eigenvalue weighted by atomic mass is 9.78. The van der Waals surface area contributed by atoms with Crippen LogP contribution in [0.2, 0.25) is 0 Å². The highest BCUT2D eigenvalue weighted by Gasteiger charge is 2.34. The zero-order chi connectivity index (χ0) is 8.48. The molecule has 0 saturated heterocycles. The van der Waals surface area contributed by atoms with Crippen molar-refractivity contribution in [1.29, 1.82) is 0 Å². The van der Waals surface area contributed by atoms with E-state index in [2.05, 4.69) is 0 Å². The maximum Gasteiger partial charge on any atom is 0.222 e. The number of nitrogens with two attached hydrogens (primary N) is 2. The summed E-state index contributed by atoms with van der Waals surface area (Å²) >= 11 is 0. The summed E-state index contributed by atoms with van der Waals surface area (Å²) in [6.07, 6.45) is 5.38. The first-order valence-electron chi connectivity index (χ1n) is 3.77. The minimum absolute atomic E-state index is 0.201. The van der Waals surface area contributed by atoms with Crippen LogP contribution >= 0.6 is 0 Å². The third kappa shape index (κ3) is 1.60. The van der Waals surface area contributed by atoms with E-state index in [0.717, 1.165) is 6.42 Å². The molecular formula is C8H14N2O. The van der Waals surface area contributed by atoms with Crippen LogP contribution in [0.5, 0.6) is 0 Å². The number of hydrogen-bond donors (Lipinski definition) is 2. The number of carbonyl (C=O) groups excluding carboxylic acids is 1. The van der Waals surface area contributed by atoms with Crippen molar-refractivity contribution in [2.24, 2.45) is 17.4 Å². The van der Waals surface area contributed by atoms with Crippen LogP contribution in [0.3, 0.4) is 0 Å². The molecule has 1 aliphatic rings. The first kappa shape index (κ1) is 8.27. The average Bonchev–Trinajstić information content (AvgIpc) is 1.85. The third-order valence-corrected chi connectivity index (χ3v) is 2.24. The second kappa shape index (κ2) is 2.66. The summed E-state index contributed by atoms with van der Waals surface area (Å²) in [6.45, 7) is 1.87. The van der Waals surface area contributed by atoms with Gasteiger partial charge in [0.15, 0.2) is 0 Å². The van der Waals surface area contributed by atoms with Crippen LogP contribution in [0.4, 0.5) is 0 Å². The van der Waals surface area contributed by atoms with Crippen LogP contribution in [0.25, 0.3) is 0 Å². The van der Waals surface area contributed by atoms with Gasteiger partial charge in [-0.2, -0.15) is 0 Å². The fourth-order valence-electron chi connectivity index (χ4n) is 1.42. The van der Waals surface area contributed by atoms with Gasteiger partial charge in [0.2, 0.25) is 5.91 Å². The normalized spacial score (nSPS) is 37.1. The van der Waals surface area contributed by atoms with Crippen LogP contribution in [0.1, 0.15) is 19.8 Å². The summed E-state index contributed by atoms with van der Waals surface area (Å²) in [5.74, 6) is -0.494. The quantitative estimate of drug-likeness (QED) is 0.528. The monoisotopic (exact) mass is 154 g/mol. The average molecular weight is 154 g/mol. The van der Waals surface area contributed by atoms with Crippen molar-refractivity contribution < 1.29 is 4.79 Å². The number of hydrogen-bond acceptors (Lipinski definition) is 2. The van der Waals surface area contributed by atoms with Gasteiger partial charge in [-0.25, -0.2) is 0 Å². The van der Waals surface area contributed by atoms with E-state index in [1.807, 2.05) is 19.1 Å². The van der Waals surface area contributed by atoms with Crippen molar-refractivity contribution in [2.45, 2.75) is 25.3 Å². The summed E-state index contributed by atoms with van der Waals surface area (Å²) in [5.41, 5.74) is 10.6. The number of rotatable bonds is 1. The minimum Gasteiger partial charge on any atom is -0.369 e. The molecule has 0 aliphatic heterocycles. The molecule has 2 unspecified atom stereocenters. The summed E-state index contributed by atoms with van der Waals surface area (Å²) in [4.78, 5) is 10.9. The second-order valence-corrected chi connectivity index (χ2v) is 3.37. The zero-order valence-electron chi connectivity index (χ0n) is 6.71. The van der Waals surface area contributed by atoms with Gasteiger partial charge in [-0.15, -0.1) is 0 Å².